The summed E-state index contributed by atoms with van der Waals surface area (Å²) in [4.78, 5) is 0.398. The minimum absolute atomic E-state index is 0. The summed E-state index contributed by atoms with van der Waals surface area (Å²) in [5.41, 5.74) is 6.06. The maximum Gasteiger partial charge on any atom is 0.186 e. The Morgan fingerprint density at radius 2 is 2.00 bits per heavy atom. The largest absolute Gasteiger partial charge is 0.326 e. The normalized spacial score (nSPS) is 11.8. The van der Waals surface area contributed by atoms with Crippen LogP contribution in [0.5, 0.6) is 0 Å². The van der Waals surface area contributed by atoms with Crippen LogP contribution < -0.4 is 5.73 Å². The quantitative estimate of drug-likeness (QED) is 0.767. The van der Waals surface area contributed by atoms with Crippen LogP contribution in [0.4, 0.5) is 0 Å². The molecular formula is C7H9NO2ReS. The Hall–Kier alpha value is -0.0477. The van der Waals surface area contributed by atoms with Gasteiger partial charge in [-0.2, -0.15) is 0 Å². The number of benzene rings is 1. The van der Waals surface area contributed by atoms with Gasteiger partial charge in [0.2, 0.25) is 0 Å². The Balaban J connectivity index is 0.00000121. The summed E-state index contributed by atoms with van der Waals surface area (Å²) in [6.07, 6.45) is 0. The summed E-state index contributed by atoms with van der Waals surface area (Å²) in [5, 5.41) is 0. The van der Waals surface area contributed by atoms with Crippen LogP contribution >= 0.6 is 0 Å². The predicted octanol–water partition coefficient (Wildman–Crippen LogP) is 0.723. The molecule has 0 saturated heterocycles. The van der Waals surface area contributed by atoms with Gasteiger partial charge in [-0.05, 0) is 11.6 Å². The summed E-state index contributed by atoms with van der Waals surface area (Å²) in [7, 11) is 0. The Bertz CT molecular complexity index is 280. The molecule has 3 N–H and O–H groups in total. The summed E-state index contributed by atoms with van der Waals surface area (Å²) in [5.74, 6) is 0. The van der Waals surface area contributed by atoms with Crippen LogP contribution in [0.3, 0.4) is 0 Å². The number of hydrogen-bond acceptors (Lipinski definition) is 2. The molecule has 3 nitrogen and oxygen atoms in total. The van der Waals surface area contributed by atoms with Gasteiger partial charge in [0.1, 0.15) is 0 Å². The second-order valence-electron chi connectivity index (χ2n) is 2.06. The van der Waals surface area contributed by atoms with E-state index in [1.165, 1.54) is 0 Å². The van der Waals surface area contributed by atoms with Gasteiger partial charge in [0.15, 0.2) is 11.1 Å². The first kappa shape index (κ1) is 12.0. The molecule has 0 saturated carbocycles. The monoisotopic (exact) mass is 358 g/mol. The number of rotatable bonds is 2. The van der Waals surface area contributed by atoms with E-state index in [4.69, 9.17) is 10.3 Å². The number of nitrogens with two attached hydrogens (primary N) is 1. The average Bonchev–Trinajstić information content (AvgIpc) is 2.04. The molecule has 67 valence electrons. The van der Waals surface area contributed by atoms with Crippen LogP contribution in [-0.2, 0) is 38.0 Å². The molecule has 1 aromatic rings. The minimum Gasteiger partial charge on any atom is -0.326 e. The van der Waals surface area contributed by atoms with E-state index in [9.17, 15) is 4.21 Å². The topological polar surface area (TPSA) is 63.3 Å². The van der Waals surface area contributed by atoms with Gasteiger partial charge in [0.25, 0.3) is 0 Å². The van der Waals surface area contributed by atoms with Crippen molar-refractivity contribution in [3.63, 3.8) is 0 Å². The number of hydrogen-bond donors (Lipinski definition) is 2. The first-order chi connectivity index (χ1) is 5.25. The van der Waals surface area contributed by atoms with Crippen molar-refractivity contribution in [1.82, 2.24) is 0 Å². The Kier molecular flexibility index (Phi) is 5.55. The zero-order chi connectivity index (χ0) is 8.27. The molecule has 0 fully saturated rings. The molecule has 5 heteroatoms. The molecule has 0 aromatic heterocycles. The van der Waals surface area contributed by atoms with Gasteiger partial charge in [0, 0.05) is 27.0 Å². The van der Waals surface area contributed by atoms with E-state index >= 15 is 0 Å². The maximum absolute atomic E-state index is 10.6. The molecule has 1 atom stereocenters. The van der Waals surface area contributed by atoms with Crippen molar-refractivity contribution in [3.05, 3.63) is 29.8 Å². The van der Waals surface area contributed by atoms with Gasteiger partial charge in [0.05, 0.1) is 4.90 Å². The van der Waals surface area contributed by atoms with Crippen LogP contribution in [0.2, 0.25) is 0 Å². The second-order valence-corrected chi connectivity index (χ2v) is 3.00. The zero-order valence-electron chi connectivity index (χ0n) is 6.24. The molecular weight excluding hydrogens is 348 g/mol. The molecule has 0 aliphatic rings. The minimum atomic E-state index is -1.92. The van der Waals surface area contributed by atoms with Crippen molar-refractivity contribution in [2.75, 3.05) is 0 Å². The molecule has 0 aliphatic carbocycles. The van der Waals surface area contributed by atoms with E-state index in [0.717, 1.165) is 0 Å². The molecule has 1 aromatic carbocycles. The molecule has 0 bridgehead atoms. The molecule has 0 spiro atoms. The van der Waals surface area contributed by atoms with Crippen molar-refractivity contribution >= 4 is 11.1 Å². The van der Waals surface area contributed by atoms with Gasteiger partial charge < -0.3 is 10.3 Å². The summed E-state index contributed by atoms with van der Waals surface area (Å²) < 4.78 is 19.4. The van der Waals surface area contributed by atoms with E-state index in [0.29, 0.717) is 17.0 Å². The summed E-state index contributed by atoms with van der Waals surface area (Å²) in [6, 6.07) is 6.84. The molecule has 0 aliphatic heterocycles. The smallest absolute Gasteiger partial charge is 0.186 e. The molecule has 12 heavy (non-hydrogen) atoms. The second kappa shape index (κ2) is 5.57. The maximum atomic E-state index is 10.6. The van der Waals surface area contributed by atoms with Crippen LogP contribution in [0, 0.1) is 0 Å². The molecule has 1 radical (unpaired) electrons. The first-order valence-corrected chi connectivity index (χ1v) is 4.25. The third-order valence-electron chi connectivity index (χ3n) is 1.38. The average molecular weight is 357 g/mol. The third-order valence-corrected chi connectivity index (χ3v) is 2.16. The molecule has 1 rings (SSSR count). The summed E-state index contributed by atoms with van der Waals surface area (Å²) in [6.45, 7) is 0.294. The SMILES string of the molecule is NCc1ccccc1S(=O)O.[Re]. The zero-order valence-corrected chi connectivity index (χ0v) is 9.77. The summed E-state index contributed by atoms with van der Waals surface area (Å²) >= 11 is -1.92. The third kappa shape index (κ3) is 2.78. The van der Waals surface area contributed by atoms with Crippen molar-refractivity contribution in [3.8, 4) is 0 Å². The fourth-order valence-corrected chi connectivity index (χ4v) is 1.41. The van der Waals surface area contributed by atoms with E-state index in [1.54, 1.807) is 24.3 Å². The van der Waals surface area contributed by atoms with Crippen molar-refractivity contribution in [2.45, 2.75) is 11.4 Å². The van der Waals surface area contributed by atoms with E-state index in [1.807, 2.05) is 0 Å². The van der Waals surface area contributed by atoms with Crippen molar-refractivity contribution in [1.29, 1.82) is 0 Å². The molecule has 1 unspecified atom stereocenters. The standard InChI is InChI=1S/C7H9NO2S.Re/c8-5-6-3-1-2-4-7(6)11(9)10;/h1-4H,5,8H2,(H,9,10);. The fraction of sp³-hybridized carbons (Fsp3) is 0.143. The van der Waals surface area contributed by atoms with E-state index in [2.05, 4.69) is 0 Å². The van der Waals surface area contributed by atoms with Crippen LogP contribution in [0.25, 0.3) is 0 Å². The van der Waals surface area contributed by atoms with Crippen molar-refractivity contribution in [2.24, 2.45) is 5.73 Å². The van der Waals surface area contributed by atoms with Gasteiger partial charge in [-0.3, -0.25) is 0 Å². The molecule has 0 amide bonds. The van der Waals surface area contributed by atoms with Crippen LogP contribution in [0.1, 0.15) is 5.56 Å². The van der Waals surface area contributed by atoms with Gasteiger partial charge in [-0.15, -0.1) is 0 Å². The van der Waals surface area contributed by atoms with E-state index in [-0.39, 0.29) is 20.4 Å². The Labute approximate surface area is 87.3 Å². The van der Waals surface area contributed by atoms with Gasteiger partial charge in [-0.25, -0.2) is 4.21 Å². The predicted molar refractivity (Wildman–Crippen MR) is 43.4 cm³/mol. The Morgan fingerprint density at radius 1 is 1.42 bits per heavy atom. The molecule has 0 heterocycles. The van der Waals surface area contributed by atoms with Gasteiger partial charge >= 0.3 is 0 Å². The first-order valence-electron chi connectivity index (χ1n) is 3.14. The Morgan fingerprint density at radius 3 is 2.42 bits per heavy atom. The van der Waals surface area contributed by atoms with Crippen LogP contribution in [0.15, 0.2) is 29.2 Å². The van der Waals surface area contributed by atoms with E-state index < -0.39 is 11.1 Å². The van der Waals surface area contributed by atoms with Gasteiger partial charge in [-0.1, -0.05) is 18.2 Å². The van der Waals surface area contributed by atoms with Crippen molar-refractivity contribution < 1.29 is 29.2 Å². The van der Waals surface area contributed by atoms with Crippen LogP contribution in [-0.4, -0.2) is 8.76 Å². The fourth-order valence-electron chi connectivity index (χ4n) is 0.843.